The van der Waals surface area contributed by atoms with E-state index < -0.39 is 0 Å². The van der Waals surface area contributed by atoms with E-state index in [9.17, 15) is 0 Å². The fourth-order valence-corrected chi connectivity index (χ4v) is 2.88. The van der Waals surface area contributed by atoms with Crippen molar-refractivity contribution in [3.05, 3.63) is 28.8 Å². The molecule has 1 N–H and O–H groups in total. The highest BCUT2D eigenvalue weighted by molar-refractivity contribution is 6.31. The lowest BCUT2D eigenvalue weighted by atomic mass is 10.0. The summed E-state index contributed by atoms with van der Waals surface area (Å²) in [5.41, 5.74) is 1.13. The van der Waals surface area contributed by atoms with Crippen molar-refractivity contribution in [3.63, 3.8) is 0 Å². The third-order valence-electron chi connectivity index (χ3n) is 3.97. The predicted molar refractivity (Wildman–Crippen MR) is 87.2 cm³/mol. The molecule has 1 aliphatic rings. The molecule has 0 amide bonds. The molecule has 1 aromatic carbocycles. The van der Waals surface area contributed by atoms with Gasteiger partial charge in [-0.1, -0.05) is 24.6 Å². The molecule has 1 unspecified atom stereocenters. The Morgan fingerprint density at radius 3 is 2.81 bits per heavy atom. The van der Waals surface area contributed by atoms with E-state index in [1.54, 1.807) is 0 Å². The molecule has 0 radical (unpaired) electrons. The molecule has 1 heterocycles. The number of halogens is 1. The van der Waals surface area contributed by atoms with Crippen molar-refractivity contribution >= 4 is 11.6 Å². The van der Waals surface area contributed by atoms with Crippen LogP contribution in [0.25, 0.3) is 0 Å². The maximum absolute atomic E-state index is 6.38. The minimum Gasteiger partial charge on any atom is -0.493 e. The molecule has 118 valence electrons. The van der Waals surface area contributed by atoms with Crippen molar-refractivity contribution in [2.75, 3.05) is 26.4 Å². The molecular weight excluding hydrogens is 286 g/mol. The quantitative estimate of drug-likeness (QED) is 0.818. The fraction of sp³-hybridized carbons (Fsp3) is 0.647. The summed E-state index contributed by atoms with van der Waals surface area (Å²) in [6.45, 7) is 7.76. The van der Waals surface area contributed by atoms with Crippen LogP contribution in [0.1, 0.15) is 44.7 Å². The summed E-state index contributed by atoms with van der Waals surface area (Å²) in [5.74, 6) is 1.46. The van der Waals surface area contributed by atoms with E-state index in [0.29, 0.717) is 5.92 Å². The topological polar surface area (TPSA) is 30.5 Å². The van der Waals surface area contributed by atoms with Gasteiger partial charge in [-0.2, -0.15) is 0 Å². The number of hydrogen-bond donors (Lipinski definition) is 1. The van der Waals surface area contributed by atoms with Gasteiger partial charge in [0.2, 0.25) is 0 Å². The first-order valence-electron chi connectivity index (χ1n) is 7.94. The van der Waals surface area contributed by atoms with Gasteiger partial charge in [0, 0.05) is 24.3 Å². The van der Waals surface area contributed by atoms with Crippen molar-refractivity contribution < 1.29 is 9.47 Å². The van der Waals surface area contributed by atoms with E-state index in [1.165, 1.54) is 0 Å². The van der Waals surface area contributed by atoms with Crippen molar-refractivity contribution in [1.82, 2.24) is 5.32 Å². The summed E-state index contributed by atoms with van der Waals surface area (Å²) < 4.78 is 11.2. The van der Waals surface area contributed by atoms with Gasteiger partial charge in [0.05, 0.1) is 6.61 Å². The van der Waals surface area contributed by atoms with Gasteiger partial charge in [-0.05, 0) is 56.3 Å². The largest absolute Gasteiger partial charge is 0.493 e. The summed E-state index contributed by atoms with van der Waals surface area (Å²) in [6.07, 6.45) is 3.29. The van der Waals surface area contributed by atoms with Gasteiger partial charge in [-0.25, -0.2) is 0 Å². The van der Waals surface area contributed by atoms with Crippen LogP contribution >= 0.6 is 11.6 Å². The molecule has 4 heteroatoms. The Kier molecular flexibility index (Phi) is 6.81. The lowest BCUT2D eigenvalue weighted by Gasteiger charge is -2.22. The van der Waals surface area contributed by atoms with Crippen LogP contribution in [0.2, 0.25) is 5.02 Å². The molecule has 1 aromatic rings. The van der Waals surface area contributed by atoms with Crippen LogP contribution in [0.15, 0.2) is 18.2 Å². The Labute approximate surface area is 133 Å². The summed E-state index contributed by atoms with van der Waals surface area (Å²) in [7, 11) is 0. The van der Waals surface area contributed by atoms with Gasteiger partial charge in [0.25, 0.3) is 0 Å². The van der Waals surface area contributed by atoms with Crippen molar-refractivity contribution in [1.29, 1.82) is 0 Å². The Bertz CT molecular complexity index is 433. The zero-order valence-corrected chi connectivity index (χ0v) is 13.8. The van der Waals surface area contributed by atoms with E-state index in [-0.39, 0.29) is 6.04 Å². The smallest absolute Gasteiger partial charge is 0.120 e. The molecule has 1 saturated heterocycles. The number of hydrogen-bond acceptors (Lipinski definition) is 3. The zero-order chi connectivity index (χ0) is 15.1. The third kappa shape index (κ3) is 5.17. The van der Waals surface area contributed by atoms with Gasteiger partial charge >= 0.3 is 0 Å². The highest BCUT2D eigenvalue weighted by Crippen LogP contribution is 2.28. The molecule has 1 fully saturated rings. The van der Waals surface area contributed by atoms with Crippen molar-refractivity contribution in [2.24, 2.45) is 5.92 Å². The average Bonchev–Trinajstić information content (AvgIpc) is 2.51. The van der Waals surface area contributed by atoms with Crippen LogP contribution in [0.3, 0.4) is 0 Å². The Hall–Kier alpha value is -0.770. The molecule has 3 nitrogen and oxygen atoms in total. The van der Waals surface area contributed by atoms with Gasteiger partial charge in [-0.15, -0.1) is 0 Å². The molecule has 1 aliphatic heterocycles. The second kappa shape index (κ2) is 8.62. The van der Waals surface area contributed by atoms with Crippen molar-refractivity contribution in [3.8, 4) is 5.75 Å². The second-order valence-corrected chi connectivity index (χ2v) is 6.13. The van der Waals surface area contributed by atoms with Crippen molar-refractivity contribution in [2.45, 2.75) is 39.2 Å². The Morgan fingerprint density at radius 2 is 2.14 bits per heavy atom. The van der Waals surface area contributed by atoms with E-state index >= 15 is 0 Å². The molecule has 2 rings (SSSR count). The van der Waals surface area contributed by atoms with Crippen LogP contribution in [0.5, 0.6) is 5.75 Å². The lowest BCUT2D eigenvalue weighted by Crippen LogP contribution is -2.21. The molecular formula is C17H26ClNO2. The monoisotopic (exact) mass is 311 g/mol. The second-order valence-electron chi connectivity index (χ2n) is 5.73. The molecule has 0 aliphatic carbocycles. The molecule has 1 atom stereocenters. The molecule has 0 bridgehead atoms. The molecule has 0 spiro atoms. The van der Waals surface area contributed by atoms with Crippen LogP contribution in [-0.2, 0) is 4.74 Å². The van der Waals surface area contributed by atoms with E-state index in [0.717, 1.165) is 62.0 Å². The first-order valence-corrected chi connectivity index (χ1v) is 8.32. The highest BCUT2D eigenvalue weighted by atomic mass is 35.5. The summed E-state index contributed by atoms with van der Waals surface area (Å²) in [5, 5.41) is 4.23. The van der Waals surface area contributed by atoms with Gasteiger partial charge in [-0.3, -0.25) is 0 Å². The normalized spacial score (nSPS) is 17.7. The predicted octanol–water partition coefficient (Wildman–Crippen LogP) is 4.21. The Morgan fingerprint density at radius 1 is 1.38 bits per heavy atom. The Balaban J connectivity index is 1.88. The van der Waals surface area contributed by atoms with Crippen LogP contribution < -0.4 is 10.1 Å². The lowest BCUT2D eigenvalue weighted by molar-refractivity contribution is 0.0497. The van der Waals surface area contributed by atoms with Crippen LogP contribution in [-0.4, -0.2) is 26.4 Å². The number of rotatable bonds is 7. The maximum atomic E-state index is 6.38. The zero-order valence-electron chi connectivity index (χ0n) is 13.0. The molecule has 21 heavy (non-hydrogen) atoms. The summed E-state index contributed by atoms with van der Waals surface area (Å²) in [6, 6.07) is 6.28. The molecule has 0 saturated carbocycles. The van der Waals surface area contributed by atoms with Gasteiger partial charge < -0.3 is 14.8 Å². The minimum absolute atomic E-state index is 0.266. The first-order chi connectivity index (χ1) is 10.2. The number of nitrogens with one attached hydrogen (secondary N) is 1. The van der Waals surface area contributed by atoms with E-state index in [1.807, 2.05) is 12.1 Å². The number of benzene rings is 1. The standard InChI is InChI=1S/C17H26ClNO2/c1-3-8-19-13(2)16-5-4-15(11-17(16)18)21-12-14-6-9-20-10-7-14/h4-5,11,13-14,19H,3,6-10,12H2,1-2H3. The van der Waals surface area contributed by atoms with Crippen LogP contribution in [0, 0.1) is 5.92 Å². The van der Waals surface area contributed by atoms with Crippen LogP contribution in [0.4, 0.5) is 0 Å². The first kappa shape index (κ1) is 16.6. The summed E-state index contributed by atoms with van der Waals surface area (Å²) in [4.78, 5) is 0. The maximum Gasteiger partial charge on any atom is 0.120 e. The fourth-order valence-electron chi connectivity index (χ4n) is 2.55. The van der Waals surface area contributed by atoms with Gasteiger partial charge in [0.15, 0.2) is 0 Å². The average molecular weight is 312 g/mol. The third-order valence-corrected chi connectivity index (χ3v) is 4.29. The van der Waals surface area contributed by atoms with Gasteiger partial charge in [0.1, 0.15) is 5.75 Å². The van der Waals surface area contributed by atoms with E-state index in [2.05, 4.69) is 25.2 Å². The SMILES string of the molecule is CCCNC(C)c1ccc(OCC2CCOCC2)cc1Cl. The minimum atomic E-state index is 0.266. The van der Waals surface area contributed by atoms with E-state index in [4.69, 9.17) is 21.1 Å². The highest BCUT2D eigenvalue weighted by Gasteiger charge is 2.15. The molecule has 0 aromatic heterocycles. The summed E-state index contributed by atoms with van der Waals surface area (Å²) >= 11 is 6.38. The number of ether oxygens (including phenoxy) is 2.